The molecule has 1 aliphatic heterocycles. The Hall–Kier alpha value is -3.67. The van der Waals surface area contributed by atoms with E-state index in [-0.39, 0.29) is 6.61 Å². The molecule has 0 aliphatic carbocycles. The maximum Gasteiger partial charge on any atom is 0.161 e. The van der Waals surface area contributed by atoms with E-state index in [9.17, 15) is 4.79 Å². The number of ether oxygens (including phenoxy) is 4. The number of hydrogen-bond acceptors (Lipinski definition) is 5. The molecule has 0 aromatic heterocycles. The van der Waals surface area contributed by atoms with Crippen LogP contribution >= 0.6 is 23.2 Å². The lowest BCUT2D eigenvalue weighted by Gasteiger charge is -2.20. The lowest BCUT2D eigenvalue weighted by molar-refractivity contribution is 0.111. The summed E-state index contributed by atoms with van der Waals surface area (Å²) < 4.78 is 23.4. The highest BCUT2D eigenvalue weighted by atomic mass is 35.5. The number of carbonyl (C=O) groups excluding carboxylic acids is 1. The van der Waals surface area contributed by atoms with Crippen LogP contribution in [0.2, 0.25) is 10.0 Å². The van der Waals surface area contributed by atoms with Gasteiger partial charge in [0.05, 0.1) is 10.6 Å². The third kappa shape index (κ3) is 5.68. The van der Waals surface area contributed by atoms with Crippen LogP contribution in [0.4, 0.5) is 0 Å². The monoisotopic (exact) mass is 534 g/mol. The smallest absolute Gasteiger partial charge is 0.161 e. The molecular weight excluding hydrogens is 511 g/mol. The summed E-state index contributed by atoms with van der Waals surface area (Å²) in [6, 6.07) is 22.6. The summed E-state index contributed by atoms with van der Waals surface area (Å²) in [6.07, 6.45) is 0.716. The summed E-state index contributed by atoms with van der Waals surface area (Å²) in [5.74, 6) is 2.33. The third-order valence-corrected chi connectivity index (χ3v) is 6.73. The molecule has 0 N–H and O–H groups in total. The van der Waals surface area contributed by atoms with Crippen molar-refractivity contribution in [1.82, 2.24) is 0 Å². The summed E-state index contributed by atoms with van der Waals surface area (Å²) in [5, 5.41) is 0.981. The van der Waals surface area contributed by atoms with Crippen molar-refractivity contribution in [2.45, 2.75) is 20.1 Å². The first-order valence-corrected chi connectivity index (χ1v) is 12.5. The number of rotatable bonds is 8. The van der Waals surface area contributed by atoms with E-state index in [1.807, 2.05) is 42.5 Å². The van der Waals surface area contributed by atoms with E-state index in [1.165, 1.54) is 0 Å². The van der Waals surface area contributed by atoms with Crippen LogP contribution in [-0.4, -0.2) is 19.5 Å². The minimum Gasteiger partial charge on any atom is -0.488 e. The van der Waals surface area contributed by atoms with Crippen LogP contribution < -0.4 is 18.9 Å². The Labute approximate surface area is 225 Å². The van der Waals surface area contributed by atoms with Crippen molar-refractivity contribution in [3.05, 3.63) is 105 Å². The zero-order valence-electron chi connectivity index (χ0n) is 20.1. The molecule has 0 unspecified atom stereocenters. The van der Waals surface area contributed by atoms with Crippen molar-refractivity contribution in [3.63, 3.8) is 0 Å². The Bertz CT molecular complexity index is 1430. The molecular formula is C30H24Cl2O5. The number of fused-ring (bicyclic) bond motifs is 1. The molecule has 0 radical (unpaired) electrons. The molecule has 0 fully saturated rings. The lowest BCUT2D eigenvalue weighted by atomic mass is 9.96. The Morgan fingerprint density at radius 2 is 1.59 bits per heavy atom. The van der Waals surface area contributed by atoms with Crippen molar-refractivity contribution < 1.29 is 23.7 Å². The van der Waals surface area contributed by atoms with Crippen LogP contribution in [0.25, 0.3) is 11.1 Å². The zero-order chi connectivity index (χ0) is 25.8. The van der Waals surface area contributed by atoms with Crippen LogP contribution in [0.15, 0.2) is 72.8 Å². The minimum absolute atomic E-state index is 0.274. The van der Waals surface area contributed by atoms with E-state index >= 15 is 0 Å². The third-order valence-electron chi connectivity index (χ3n) is 6.18. The summed E-state index contributed by atoms with van der Waals surface area (Å²) in [4.78, 5) is 11.6. The quantitative estimate of drug-likeness (QED) is 0.216. The van der Waals surface area contributed by atoms with Crippen LogP contribution in [0.1, 0.15) is 27.0 Å². The maximum atomic E-state index is 11.6. The first-order valence-electron chi connectivity index (χ1n) is 11.8. The van der Waals surface area contributed by atoms with Crippen LogP contribution in [-0.2, 0) is 13.2 Å². The molecule has 0 saturated carbocycles. The fourth-order valence-electron chi connectivity index (χ4n) is 4.14. The number of aldehydes is 1. The molecule has 5 nitrogen and oxygen atoms in total. The first-order chi connectivity index (χ1) is 18.0. The van der Waals surface area contributed by atoms with Gasteiger partial charge >= 0.3 is 0 Å². The minimum atomic E-state index is 0.274. The molecule has 5 rings (SSSR count). The topological polar surface area (TPSA) is 54.0 Å². The predicted molar refractivity (Wildman–Crippen MR) is 145 cm³/mol. The number of halogens is 2. The summed E-state index contributed by atoms with van der Waals surface area (Å²) in [6.45, 7) is 3.72. The van der Waals surface area contributed by atoms with Crippen molar-refractivity contribution in [2.24, 2.45) is 0 Å². The van der Waals surface area contributed by atoms with Crippen molar-refractivity contribution in [1.29, 1.82) is 0 Å². The number of benzene rings is 4. The fourth-order valence-corrected chi connectivity index (χ4v) is 4.49. The average Bonchev–Trinajstić information content (AvgIpc) is 2.92. The number of carbonyl (C=O) groups is 1. The van der Waals surface area contributed by atoms with Gasteiger partial charge in [-0.3, -0.25) is 4.79 Å². The predicted octanol–water partition coefficient (Wildman–Crippen LogP) is 7.71. The van der Waals surface area contributed by atoms with Gasteiger partial charge in [0.25, 0.3) is 0 Å². The molecule has 0 saturated heterocycles. The van der Waals surface area contributed by atoms with Crippen molar-refractivity contribution in [3.8, 4) is 34.1 Å². The molecule has 37 heavy (non-hydrogen) atoms. The maximum absolute atomic E-state index is 11.6. The van der Waals surface area contributed by atoms with Gasteiger partial charge in [0.1, 0.15) is 37.9 Å². The van der Waals surface area contributed by atoms with Gasteiger partial charge in [-0.05, 0) is 65.1 Å². The molecule has 1 aliphatic rings. The van der Waals surface area contributed by atoms with Crippen LogP contribution in [0.5, 0.6) is 23.0 Å². The largest absolute Gasteiger partial charge is 0.488 e. The molecule has 188 valence electrons. The Morgan fingerprint density at radius 1 is 0.838 bits per heavy atom. The first kappa shape index (κ1) is 25.0. The van der Waals surface area contributed by atoms with E-state index in [0.29, 0.717) is 53.2 Å². The summed E-state index contributed by atoms with van der Waals surface area (Å²) >= 11 is 12.4. The van der Waals surface area contributed by atoms with Crippen molar-refractivity contribution >= 4 is 29.5 Å². The molecule has 0 spiro atoms. The highest BCUT2D eigenvalue weighted by Crippen LogP contribution is 2.37. The molecule has 0 bridgehead atoms. The van der Waals surface area contributed by atoms with Gasteiger partial charge in [-0.25, -0.2) is 0 Å². The zero-order valence-corrected chi connectivity index (χ0v) is 21.6. The Balaban J connectivity index is 1.34. The van der Waals surface area contributed by atoms with E-state index < -0.39 is 0 Å². The van der Waals surface area contributed by atoms with Gasteiger partial charge in [0, 0.05) is 11.1 Å². The van der Waals surface area contributed by atoms with Gasteiger partial charge in [-0.1, -0.05) is 59.6 Å². The second-order valence-corrected chi connectivity index (χ2v) is 9.43. The highest BCUT2D eigenvalue weighted by molar-refractivity contribution is 6.32. The fraction of sp³-hybridized carbons (Fsp3) is 0.167. The van der Waals surface area contributed by atoms with Crippen LogP contribution in [0.3, 0.4) is 0 Å². The molecule has 1 heterocycles. The number of hydrogen-bond donors (Lipinski definition) is 0. The average molecular weight is 535 g/mol. The highest BCUT2D eigenvalue weighted by Gasteiger charge is 2.16. The van der Waals surface area contributed by atoms with Gasteiger partial charge in [0.15, 0.2) is 17.8 Å². The SMILES string of the molecule is Cc1c(COc2cc(OCc3ccc(Cl)cc3)c(C=O)cc2Cl)cccc1-c1ccc2c(c1)OCCO2. The molecule has 7 heteroatoms. The summed E-state index contributed by atoms with van der Waals surface area (Å²) in [7, 11) is 0. The van der Waals surface area contributed by atoms with Crippen molar-refractivity contribution in [2.75, 3.05) is 13.2 Å². The molecule has 4 aromatic rings. The lowest BCUT2D eigenvalue weighted by Crippen LogP contribution is -2.15. The molecule has 0 amide bonds. The second-order valence-electron chi connectivity index (χ2n) is 8.59. The molecule has 4 aromatic carbocycles. The van der Waals surface area contributed by atoms with E-state index in [1.54, 1.807) is 24.3 Å². The standard InChI is InChI=1S/C30H24Cl2O5/c1-19-22(3-2-4-25(19)21-7-10-27-30(14-21)35-12-11-34-27)18-37-29-15-28(23(16-33)13-26(29)32)36-17-20-5-8-24(31)9-6-20/h2-10,13-16H,11-12,17-18H2,1H3. The Morgan fingerprint density at radius 3 is 2.38 bits per heavy atom. The van der Waals surface area contributed by atoms with E-state index in [4.69, 9.17) is 42.1 Å². The normalized spacial score (nSPS) is 12.2. The van der Waals surface area contributed by atoms with Crippen LogP contribution in [0, 0.1) is 6.92 Å². The van der Waals surface area contributed by atoms with Gasteiger partial charge in [0.2, 0.25) is 0 Å². The van der Waals surface area contributed by atoms with Gasteiger partial charge < -0.3 is 18.9 Å². The van der Waals surface area contributed by atoms with E-state index in [2.05, 4.69) is 13.0 Å². The van der Waals surface area contributed by atoms with Gasteiger partial charge in [-0.2, -0.15) is 0 Å². The second kappa shape index (κ2) is 11.2. The summed E-state index contributed by atoms with van der Waals surface area (Å²) in [5.41, 5.74) is 5.47. The van der Waals surface area contributed by atoms with Gasteiger partial charge in [-0.15, -0.1) is 0 Å². The van der Waals surface area contributed by atoms with E-state index in [0.717, 1.165) is 39.3 Å². The molecule has 0 atom stereocenters. The Kier molecular flexibility index (Phi) is 7.54.